The number of anilines is 2. The predicted molar refractivity (Wildman–Crippen MR) is 141 cm³/mol. The van der Waals surface area contributed by atoms with Gasteiger partial charge in [0.25, 0.3) is 5.91 Å². The van der Waals surface area contributed by atoms with Crippen LogP contribution in [-0.4, -0.2) is 59.2 Å². The lowest BCUT2D eigenvalue weighted by atomic mass is 9.79. The number of halogens is 1. The van der Waals surface area contributed by atoms with E-state index >= 15 is 4.39 Å². The molecule has 0 aromatic carbocycles. The van der Waals surface area contributed by atoms with E-state index in [9.17, 15) is 4.79 Å². The van der Waals surface area contributed by atoms with Crippen LogP contribution in [0.3, 0.4) is 0 Å². The fourth-order valence-corrected chi connectivity index (χ4v) is 7.25. The van der Waals surface area contributed by atoms with Gasteiger partial charge in [0.1, 0.15) is 27.2 Å². The molecule has 9 nitrogen and oxygen atoms in total. The van der Waals surface area contributed by atoms with Gasteiger partial charge in [-0.15, -0.1) is 11.3 Å². The van der Waals surface area contributed by atoms with Crippen LogP contribution in [0.4, 0.5) is 15.9 Å². The Bertz CT molecular complexity index is 1390. The summed E-state index contributed by atoms with van der Waals surface area (Å²) >= 11 is 1.26. The molecule has 1 amide bonds. The normalized spacial score (nSPS) is 25.6. The monoisotopic (exact) mass is 525 g/mol. The number of hydrogen-bond donors (Lipinski definition) is 3. The minimum Gasteiger partial charge on any atom is -0.397 e. The lowest BCUT2D eigenvalue weighted by Crippen LogP contribution is -2.46. The molecule has 3 unspecified atom stereocenters. The first-order valence-electron chi connectivity index (χ1n) is 12.8. The number of carbonyl (C=O) groups excluding carboxylic acids is 1. The van der Waals surface area contributed by atoms with Crippen LogP contribution in [0.1, 0.15) is 51.7 Å². The molecular formula is C26H32FN7O2S. The Morgan fingerprint density at radius 2 is 2.16 bits per heavy atom. The van der Waals surface area contributed by atoms with E-state index in [-0.39, 0.29) is 29.2 Å². The lowest BCUT2D eigenvalue weighted by molar-refractivity contribution is -0.00345. The molecule has 196 valence electrons. The summed E-state index contributed by atoms with van der Waals surface area (Å²) in [4.78, 5) is 30.0. The number of pyridine rings is 1. The second kappa shape index (κ2) is 9.14. The van der Waals surface area contributed by atoms with E-state index in [1.165, 1.54) is 17.4 Å². The number of nitrogen functional groups attached to an aromatic ring is 1. The zero-order valence-electron chi connectivity index (χ0n) is 21.1. The van der Waals surface area contributed by atoms with Crippen LogP contribution in [0.2, 0.25) is 0 Å². The number of fused-ring (bicyclic) bond motifs is 2. The van der Waals surface area contributed by atoms with E-state index in [1.807, 2.05) is 13.8 Å². The van der Waals surface area contributed by atoms with Crippen molar-refractivity contribution in [3.8, 4) is 0 Å². The summed E-state index contributed by atoms with van der Waals surface area (Å²) in [5.74, 6) is 0.738. The third kappa shape index (κ3) is 4.22. The van der Waals surface area contributed by atoms with Crippen molar-refractivity contribution in [1.29, 1.82) is 0 Å². The van der Waals surface area contributed by atoms with Crippen LogP contribution in [0, 0.1) is 25.1 Å². The molecule has 5 N–H and O–H groups in total. The van der Waals surface area contributed by atoms with Crippen molar-refractivity contribution in [3.63, 3.8) is 0 Å². The maximum Gasteiger partial charge on any atom is 0.263 e. The van der Waals surface area contributed by atoms with E-state index < -0.39 is 0 Å². The summed E-state index contributed by atoms with van der Waals surface area (Å²) in [6.45, 7) is 6.49. The van der Waals surface area contributed by atoms with E-state index in [4.69, 9.17) is 21.2 Å². The largest absolute Gasteiger partial charge is 0.397 e. The maximum absolute atomic E-state index is 15.4. The fraction of sp³-hybridized carbons (Fsp3) is 0.538. The Balaban J connectivity index is 1.18. The van der Waals surface area contributed by atoms with Crippen LogP contribution in [0.25, 0.3) is 10.2 Å². The number of nitrogens with zero attached hydrogens (tertiary/aromatic N) is 4. The van der Waals surface area contributed by atoms with Gasteiger partial charge in [0.15, 0.2) is 0 Å². The predicted octanol–water partition coefficient (Wildman–Crippen LogP) is 2.66. The van der Waals surface area contributed by atoms with Gasteiger partial charge in [-0.1, -0.05) is 0 Å². The van der Waals surface area contributed by atoms with Crippen molar-refractivity contribution >= 4 is 39.0 Å². The third-order valence-corrected chi connectivity index (χ3v) is 9.23. The molecule has 2 saturated heterocycles. The average Bonchev–Trinajstić information content (AvgIpc) is 3.36. The van der Waals surface area contributed by atoms with E-state index in [0.717, 1.165) is 42.8 Å². The molecule has 3 aromatic heterocycles. The van der Waals surface area contributed by atoms with Crippen molar-refractivity contribution in [1.82, 2.24) is 20.3 Å². The van der Waals surface area contributed by atoms with Crippen LogP contribution in [0.15, 0.2) is 6.07 Å². The van der Waals surface area contributed by atoms with Gasteiger partial charge >= 0.3 is 0 Å². The number of amides is 1. The van der Waals surface area contributed by atoms with Gasteiger partial charge in [0.2, 0.25) is 0 Å². The molecular weight excluding hydrogens is 493 g/mol. The molecule has 1 aliphatic carbocycles. The van der Waals surface area contributed by atoms with Gasteiger partial charge in [-0.3, -0.25) is 4.79 Å². The summed E-state index contributed by atoms with van der Waals surface area (Å²) < 4.78 is 21.1. The standard InChI is InChI=1S/C26H32FN7O2S/c1-13-21-22(29)23(37-25(21)31-14(2)30-13)24(35)32-15-4-5-18-16(8-15)17(27)9-20(33-18)34-10-19(28)26(11-34)6-3-7-36-12-26/h9,15,19H,3-8,10-12,28-29H2,1-2H3,(H,32,35). The number of aryl methyl sites for hydroxylation is 3. The molecule has 5 heterocycles. The summed E-state index contributed by atoms with van der Waals surface area (Å²) in [5.41, 5.74) is 15.2. The lowest BCUT2D eigenvalue weighted by Gasteiger charge is -2.36. The van der Waals surface area contributed by atoms with E-state index in [2.05, 4.69) is 20.2 Å². The number of nitrogens with two attached hydrogens (primary N) is 2. The van der Waals surface area contributed by atoms with Crippen LogP contribution in [0.5, 0.6) is 0 Å². The van der Waals surface area contributed by atoms with Gasteiger partial charge in [-0.2, -0.15) is 0 Å². The van der Waals surface area contributed by atoms with E-state index in [0.29, 0.717) is 65.0 Å². The second-order valence-corrected chi connectivity index (χ2v) is 11.7. The molecule has 2 aliphatic heterocycles. The number of hydrogen-bond acceptors (Lipinski definition) is 9. The van der Waals surface area contributed by atoms with Gasteiger partial charge in [0.05, 0.1) is 23.4 Å². The van der Waals surface area contributed by atoms with Gasteiger partial charge in [-0.05, 0) is 46.0 Å². The average molecular weight is 526 g/mol. The summed E-state index contributed by atoms with van der Waals surface area (Å²) in [6, 6.07) is 1.29. The second-order valence-electron chi connectivity index (χ2n) is 10.7. The van der Waals surface area contributed by atoms with E-state index in [1.54, 1.807) is 0 Å². The van der Waals surface area contributed by atoms with Gasteiger partial charge in [0, 0.05) is 54.5 Å². The van der Waals surface area contributed by atoms with Crippen molar-refractivity contribution in [2.24, 2.45) is 11.1 Å². The smallest absolute Gasteiger partial charge is 0.263 e. The first-order valence-corrected chi connectivity index (χ1v) is 13.7. The Hall–Kier alpha value is -2.89. The fourth-order valence-electron chi connectivity index (χ4n) is 6.15. The molecule has 6 rings (SSSR count). The van der Waals surface area contributed by atoms with Crippen molar-refractivity contribution < 1.29 is 13.9 Å². The first-order chi connectivity index (χ1) is 17.7. The third-order valence-electron chi connectivity index (χ3n) is 8.13. The number of nitrogens with one attached hydrogen (secondary N) is 1. The Kier molecular flexibility index (Phi) is 6.04. The van der Waals surface area contributed by atoms with Crippen LogP contribution < -0.4 is 21.7 Å². The summed E-state index contributed by atoms with van der Waals surface area (Å²) in [7, 11) is 0. The Labute approximate surface area is 218 Å². The van der Waals surface area contributed by atoms with Crippen molar-refractivity contribution in [3.05, 3.63) is 39.5 Å². The first kappa shape index (κ1) is 24.4. The molecule has 3 aromatic rings. The molecule has 11 heteroatoms. The highest BCUT2D eigenvalue weighted by Gasteiger charge is 2.46. The number of carbonyl (C=O) groups is 1. The number of ether oxygens (including phenoxy) is 1. The zero-order valence-corrected chi connectivity index (χ0v) is 22.0. The van der Waals surface area contributed by atoms with Crippen LogP contribution in [-0.2, 0) is 17.6 Å². The zero-order chi connectivity index (χ0) is 25.9. The topological polar surface area (TPSA) is 132 Å². The van der Waals surface area contributed by atoms with Gasteiger partial charge in [-0.25, -0.2) is 19.3 Å². The molecule has 0 bridgehead atoms. The molecule has 2 fully saturated rings. The molecule has 0 saturated carbocycles. The van der Waals surface area contributed by atoms with Crippen LogP contribution >= 0.6 is 11.3 Å². The van der Waals surface area contributed by atoms with Crippen molar-refractivity contribution in [2.45, 2.75) is 58.0 Å². The molecule has 1 spiro atoms. The molecule has 0 radical (unpaired) electrons. The maximum atomic E-state index is 15.4. The Morgan fingerprint density at radius 1 is 1.32 bits per heavy atom. The van der Waals surface area contributed by atoms with Gasteiger partial charge < -0.3 is 26.4 Å². The molecule has 3 aliphatic rings. The summed E-state index contributed by atoms with van der Waals surface area (Å²) in [6.07, 6.45) is 3.68. The number of aromatic nitrogens is 3. The highest BCUT2D eigenvalue weighted by Crippen LogP contribution is 2.40. The SMILES string of the molecule is Cc1nc(C)c2c(N)c(C(=O)NC3CCc4nc(N5CC(N)C6(CCCOC6)C5)cc(F)c4C3)sc2n1. The number of rotatable bonds is 3. The minimum atomic E-state index is -0.281. The summed E-state index contributed by atoms with van der Waals surface area (Å²) in [5, 5.41) is 3.78. The highest BCUT2D eigenvalue weighted by molar-refractivity contribution is 7.21. The minimum absolute atomic E-state index is 0.0201. The Morgan fingerprint density at radius 3 is 2.95 bits per heavy atom. The van der Waals surface area contributed by atoms with Crippen molar-refractivity contribution in [2.75, 3.05) is 36.9 Å². The molecule has 3 atom stereocenters. The highest BCUT2D eigenvalue weighted by atomic mass is 32.1. The number of thiophene rings is 1. The quantitative estimate of drug-likeness (QED) is 0.476. The molecule has 37 heavy (non-hydrogen) atoms.